The quantitative estimate of drug-likeness (QED) is 0.795. The number of nitrogens with zero attached hydrogens (tertiary/aromatic N) is 4. The average molecular weight is 329 g/mol. The summed E-state index contributed by atoms with van der Waals surface area (Å²) < 4.78 is 0. The Balaban J connectivity index is 1.54. The first-order chi connectivity index (χ1) is 12.3. The molecule has 1 atom stereocenters. The zero-order valence-corrected chi connectivity index (χ0v) is 13.9. The van der Waals surface area contributed by atoms with Gasteiger partial charge in [0.1, 0.15) is 23.4 Å². The topological polar surface area (TPSA) is 68.6 Å². The largest absolute Gasteiger partial charge is 0.356 e. The van der Waals surface area contributed by atoms with Crippen LogP contribution in [0, 0.1) is 11.3 Å². The molecule has 3 heterocycles. The van der Waals surface area contributed by atoms with Crippen LogP contribution in [0.15, 0.2) is 54.7 Å². The van der Waals surface area contributed by atoms with Crippen molar-refractivity contribution in [3.63, 3.8) is 0 Å². The van der Waals surface area contributed by atoms with E-state index in [4.69, 9.17) is 5.26 Å². The third kappa shape index (κ3) is 3.24. The van der Waals surface area contributed by atoms with Crippen LogP contribution < -0.4 is 4.90 Å². The molecule has 1 saturated heterocycles. The minimum Gasteiger partial charge on any atom is -0.356 e. The number of aromatic amines is 1. The van der Waals surface area contributed by atoms with Crippen molar-refractivity contribution in [1.29, 1.82) is 5.26 Å². The summed E-state index contributed by atoms with van der Waals surface area (Å²) in [6.45, 7) is 1.83. The molecule has 5 nitrogen and oxygen atoms in total. The second-order valence-electron chi connectivity index (χ2n) is 6.33. The number of nitriles is 1. The molecule has 1 unspecified atom stereocenters. The van der Waals surface area contributed by atoms with Crippen molar-refractivity contribution < 1.29 is 0 Å². The molecule has 4 rings (SSSR count). The molecule has 0 saturated carbocycles. The van der Waals surface area contributed by atoms with E-state index in [1.165, 1.54) is 0 Å². The predicted octanol–water partition coefficient (Wildman–Crippen LogP) is 3.73. The first-order valence-electron chi connectivity index (χ1n) is 8.56. The van der Waals surface area contributed by atoms with Gasteiger partial charge in [-0.2, -0.15) is 5.26 Å². The van der Waals surface area contributed by atoms with E-state index in [2.05, 4.69) is 38.1 Å². The summed E-state index contributed by atoms with van der Waals surface area (Å²) in [6.07, 6.45) is 4.11. The van der Waals surface area contributed by atoms with Crippen molar-refractivity contribution in [2.45, 2.75) is 18.8 Å². The highest BCUT2D eigenvalue weighted by molar-refractivity contribution is 5.58. The van der Waals surface area contributed by atoms with Crippen LogP contribution in [-0.2, 0) is 0 Å². The van der Waals surface area contributed by atoms with Gasteiger partial charge in [0.25, 0.3) is 0 Å². The van der Waals surface area contributed by atoms with E-state index in [-0.39, 0.29) is 0 Å². The molecule has 1 aliphatic heterocycles. The Morgan fingerprint density at radius 3 is 2.84 bits per heavy atom. The number of rotatable bonds is 3. The molecule has 0 aliphatic carbocycles. The molecule has 25 heavy (non-hydrogen) atoms. The molecule has 3 aromatic rings. The van der Waals surface area contributed by atoms with Crippen molar-refractivity contribution in [3.05, 3.63) is 66.2 Å². The number of hydrogen-bond acceptors (Lipinski definition) is 4. The van der Waals surface area contributed by atoms with E-state index in [1.54, 1.807) is 6.07 Å². The summed E-state index contributed by atoms with van der Waals surface area (Å²) in [5.41, 5.74) is 2.67. The molecule has 0 bridgehead atoms. The minimum atomic E-state index is 0.346. The van der Waals surface area contributed by atoms with Crippen molar-refractivity contribution >= 4 is 5.82 Å². The Morgan fingerprint density at radius 2 is 2.00 bits per heavy atom. The summed E-state index contributed by atoms with van der Waals surface area (Å²) in [7, 11) is 0. The Hall–Kier alpha value is -3.13. The summed E-state index contributed by atoms with van der Waals surface area (Å²) in [5, 5.41) is 9.06. The van der Waals surface area contributed by atoms with Gasteiger partial charge < -0.3 is 9.88 Å². The standard InChI is InChI=1S/C20H19N5/c21-12-17-9-4-10-19(23-17)25-11-5-8-16(14-25)20-22-13-18(24-20)15-6-2-1-3-7-15/h1-4,6-7,9-10,13,16H,5,8,11,14H2,(H,22,24). The van der Waals surface area contributed by atoms with Gasteiger partial charge in [0.05, 0.1) is 11.9 Å². The Morgan fingerprint density at radius 1 is 1.12 bits per heavy atom. The van der Waals surface area contributed by atoms with E-state index in [0.29, 0.717) is 11.6 Å². The Bertz CT molecular complexity index is 894. The van der Waals surface area contributed by atoms with Crippen molar-refractivity contribution in [2.75, 3.05) is 18.0 Å². The summed E-state index contributed by atoms with van der Waals surface area (Å²) >= 11 is 0. The lowest BCUT2D eigenvalue weighted by Crippen LogP contribution is -2.35. The van der Waals surface area contributed by atoms with Gasteiger partial charge in [-0.3, -0.25) is 0 Å². The van der Waals surface area contributed by atoms with Crippen LogP contribution in [0.25, 0.3) is 11.3 Å². The fraction of sp³-hybridized carbons (Fsp3) is 0.250. The Labute approximate surface area is 147 Å². The highest BCUT2D eigenvalue weighted by Crippen LogP contribution is 2.29. The molecule has 0 amide bonds. The van der Waals surface area contributed by atoms with Gasteiger partial charge in [0.2, 0.25) is 0 Å². The first kappa shape index (κ1) is 15.4. The molecular formula is C20H19N5. The second-order valence-corrected chi connectivity index (χ2v) is 6.33. The van der Waals surface area contributed by atoms with Crippen molar-refractivity contribution in [2.24, 2.45) is 0 Å². The molecule has 2 aromatic heterocycles. The highest BCUT2D eigenvalue weighted by atomic mass is 15.2. The first-order valence-corrected chi connectivity index (χ1v) is 8.56. The van der Waals surface area contributed by atoms with E-state index in [0.717, 1.165) is 48.8 Å². The maximum absolute atomic E-state index is 9.06. The molecule has 0 spiro atoms. The Kier molecular flexibility index (Phi) is 4.17. The molecular weight excluding hydrogens is 310 g/mol. The van der Waals surface area contributed by atoms with E-state index in [9.17, 15) is 0 Å². The molecule has 124 valence electrons. The number of imidazole rings is 1. The van der Waals surface area contributed by atoms with E-state index < -0.39 is 0 Å². The number of anilines is 1. The predicted molar refractivity (Wildman–Crippen MR) is 97.2 cm³/mol. The monoisotopic (exact) mass is 329 g/mol. The maximum Gasteiger partial charge on any atom is 0.142 e. The maximum atomic E-state index is 9.06. The van der Waals surface area contributed by atoms with Crippen LogP contribution in [0.4, 0.5) is 5.82 Å². The normalized spacial score (nSPS) is 17.2. The van der Waals surface area contributed by atoms with Gasteiger partial charge in [-0.15, -0.1) is 0 Å². The number of hydrogen-bond donors (Lipinski definition) is 1. The van der Waals surface area contributed by atoms with Crippen LogP contribution in [-0.4, -0.2) is 28.0 Å². The molecule has 1 N–H and O–H groups in total. The van der Waals surface area contributed by atoms with Crippen LogP contribution in [0.3, 0.4) is 0 Å². The van der Waals surface area contributed by atoms with Crippen LogP contribution in [0.5, 0.6) is 0 Å². The van der Waals surface area contributed by atoms with Crippen molar-refractivity contribution in [1.82, 2.24) is 15.0 Å². The van der Waals surface area contributed by atoms with E-state index in [1.807, 2.05) is 36.5 Å². The van der Waals surface area contributed by atoms with Gasteiger partial charge >= 0.3 is 0 Å². The number of H-pyrrole nitrogens is 1. The SMILES string of the molecule is N#Cc1cccc(N2CCCC(c3ncc(-c4ccccc4)[nH]3)C2)n1. The fourth-order valence-corrected chi connectivity index (χ4v) is 3.38. The van der Waals surface area contributed by atoms with Gasteiger partial charge in [-0.05, 0) is 30.5 Å². The number of aromatic nitrogens is 3. The second kappa shape index (κ2) is 6.78. The summed E-state index contributed by atoms with van der Waals surface area (Å²) in [4.78, 5) is 14.8. The molecule has 0 radical (unpaired) electrons. The molecule has 1 aromatic carbocycles. The molecule has 1 aliphatic rings. The minimum absolute atomic E-state index is 0.346. The van der Waals surface area contributed by atoms with Crippen LogP contribution in [0.2, 0.25) is 0 Å². The smallest absolute Gasteiger partial charge is 0.142 e. The number of nitrogens with one attached hydrogen (secondary N) is 1. The van der Waals surface area contributed by atoms with Crippen molar-refractivity contribution in [3.8, 4) is 17.3 Å². The lowest BCUT2D eigenvalue weighted by atomic mass is 9.97. The molecule has 1 fully saturated rings. The van der Waals surface area contributed by atoms with Gasteiger partial charge in [0.15, 0.2) is 0 Å². The fourth-order valence-electron chi connectivity index (χ4n) is 3.38. The molecule has 5 heteroatoms. The summed E-state index contributed by atoms with van der Waals surface area (Å²) in [5.74, 6) is 2.25. The van der Waals surface area contributed by atoms with Crippen LogP contribution in [0.1, 0.15) is 30.3 Å². The van der Waals surface area contributed by atoms with Gasteiger partial charge in [-0.1, -0.05) is 36.4 Å². The highest BCUT2D eigenvalue weighted by Gasteiger charge is 2.24. The summed E-state index contributed by atoms with van der Waals surface area (Å²) in [6, 6.07) is 18.0. The third-order valence-electron chi connectivity index (χ3n) is 4.66. The third-order valence-corrected chi connectivity index (χ3v) is 4.66. The van der Waals surface area contributed by atoms with Crippen LogP contribution >= 0.6 is 0 Å². The van der Waals surface area contributed by atoms with Gasteiger partial charge in [0, 0.05) is 19.0 Å². The number of piperidine rings is 1. The van der Waals surface area contributed by atoms with Gasteiger partial charge in [-0.25, -0.2) is 9.97 Å². The number of pyridine rings is 1. The van der Waals surface area contributed by atoms with E-state index >= 15 is 0 Å². The lowest BCUT2D eigenvalue weighted by Gasteiger charge is -2.32. The lowest BCUT2D eigenvalue weighted by molar-refractivity contribution is 0.491. The zero-order valence-electron chi connectivity index (χ0n) is 13.9. The number of benzene rings is 1. The zero-order chi connectivity index (χ0) is 17.1. The average Bonchev–Trinajstić information content (AvgIpc) is 3.19.